The van der Waals surface area contributed by atoms with Gasteiger partial charge in [-0.3, -0.25) is 9.78 Å². The molecule has 1 amide bonds. The van der Waals surface area contributed by atoms with Crippen LogP contribution in [0.1, 0.15) is 70.7 Å². The Morgan fingerprint density at radius 2 is 1.85 bits per heavy atom. The van der Waals surface area contributed by atoms with Gasteiger partial charge in [0.05, 0.1) is 28.8 Å². The number of aromatic nitrogens is 1. The molecule has 1 atom stereocenters. The first-order chi connectivity index (χ1) is 15.4. The van der Waals surface area contributed by atoms with Crippen molar-refractivity contribution < 1.29 is 24.5 Å². The molecule has 178 valence electrons. The topological polar surface area (TPSA) is 100.0 Å². The Balaban J connectivity index is 1.83. The van der Waals surface area contributed by atoms with Crippen molar-refractivity contribution in [3.63, 3.8) is 0 Å². The second-order valence-electron chi connectivity index (χ2n) is 9.98. The van der Waals surface area contributed by atoms with Crippen LogP contribution >= 0.6 is 0 Å². The Labute approximate surface area is 195 Å². The molecular formula is C26H34N2O5. The fourth-order valence-electron chi connectivity index (χ4n) is 4.00. The number of aliphatic hydroxyl groups excluding tert-OH is 1. The Bertz CT molecular complexity index is 1050. The number of hydrogen-bond acceptors (Lipinski definition) is 5. The summed E-state index contributed by atoms with van der Waals surface area (Å²) in [4.78, 5) is 30.7. The maximum atomic E-state index is 12.4. The highest BCUT2D eigenvalue weighted by molar-refractivity contribution is 5.83. The molecule has 0 unspecified atom stereocenters. The maximum Gasteiger partial charge on any atom is 0.410 e. The predicted molar refractivity (Wildman–Crippen MR) is 128 cm³/mol. The third-order valence-electron chi connectivity index (χ3n) is 6.30. The number of rotatable bonds is 5. The van der Waals surface area contributed by atoms with Crippen LogP contribution < -0.4 is 0 Å². The van der Waals surface area contributed by atoms with Crippen molar-refractivity contribution in [2.24, 2.45) is 5.41 Å². The number of carboxylic acids is 1. The number of carboxylic acid groups (broad SMARTS) is 1. The highest BCUT2D eigenvalue weighted by Gasteiger charge is 2.39. The molecule has 0 aliphatic heterocycles. The van der Waals surface area contributed by atoms with Gasteiger partial charge in [-0.2, -0.15) is 0 Å². The SMILES string of the molecule is C[C@H](c1ccc2ccc(C=CC3(C(=O)O)CCC(O)CC3)cc2n1)N(C)C(=O)OC(C)(C)C. The van der Waals surface area contributed by atoms with Gasteiger partial charge >= 0.3 is 12.1 Å². The Morgan fingerprint density at radius 3 is 2.45 bits per heavy atom. The van der Waals surface area contributed by atoms with Crippen molar-refractivity contribution in [1.82, 2.24) is 9.88 Å². The molecule has 1 aromatic heterocycles. The molecular weight excluding hydrogens is 420 g/mol. The van der Waals surface area contributed by atoms with Gasteiger partial charge in [0.1, 0.15) is 5.60 Å². The van der Waals surface area contributed by atoms with E-state index < -0.39 is 29.2 Å². The van der Waals surface area contributed by atoms with Crippen LogP contribution in [0.25, 0.3) is 17.0 Å². The van der Waals surface area contributed by atoms with E-state index in [4.69, 9.17) is 9.72 Å². The fourth-order valence-corrected chi connectivity index (χ4v) is 4.00. The molecule has 2 N–H and O–H groups in total. The molecule has 0 saturated heterocycles. The molecule has 33 heavy (non-hydrogen) atoms. The summed E-state index contributed by atoms with van der Waals surface area (Å²) in [7, 11) is 1.69. The highest BCUT2D eigenvalue weighted by Crippen LogP contribution is 2.38. The van der Waals surface area contributed by atoms with Crippen LogP contribution in [0.5, 0.6) is 0 Å². The molecule has 1 heterocycles. The number of carbonyl (C=O) groups is 2. The van der Waals surface area contributed by atoms with Gasteiger partial charge < -0.3 is 19.8 Å². The molecule has 7 nitrogen and oxygen atoms in total. The van der Waals surface area contributed by atoms with Crippen LogP contribution in [-0.2, 0) is 9.53 Å². The number of pyridine rings is 1. The Kier molecular flexibility index (Phi) is 7.12. The highest BCUT2D eigenvalue weighted by atomic mass is 16.6. The monoisotopic (exact) mass is 454 g/mol. The van der Waals surface area contributed by atoms with Crippen molar-refractivity contribution >= 4 is 29.0 Å². The summed E-state index contributed by atoms with van der Waals surface area (Å²) in [5, 5.41) is 20.5. The van der Waals surface area contributed by atoms with Crippen LogP contribution in [-0.4, -0.2) is 50.9 Å². The first-order valence-electron chi connectivity index (χ1n) is 11.4. The summed E-state index contributed by atoms with van der Waals surface area (Å²) < 4.78 is 5.46. The van der Waals surface area contributed by atoms with Gasteiger partial charge in [0.25, 0.3) is 0 Å². The first-order valence-corrected chi connectivity index (χ1v) is 11.4. The Hall–Kier alpha value is -2.93. The normalized spacial score (nSPS) is 22.3. The minimum atomic E-state index is -0.950. The van der Waals surface area contributed by atoms with E-state index in [1.54, 1.807) is 13.1 Å². The number of ether oxygens (including phenoxy) is 1. The maximum absolute atomic E-state index is 12.4. The average Bonchev–Trinajstić information content (AvgIpc) is 2.76. The number of benzene rings is 1. The zero-order chi connectivity index (χ0) is 24.4. The summed E-state index contributed by atoms with van der Waals surface area (Å²) in [6, 6.07) is 9.38. The minimum Gasteiger partial charge on any atom is -0.481 e. The van der Waals surface area contributed by atoms with Crippen molar-refractivity contribution in [2.75, 3.05) is 7.05 Å². The summed E-state index contributed by atoms with van der Waals surface area (Å²) >= 11 is 0. The number of amides is 1. The third kappa shape index (κ3) is 5.90. The smallest absolute Gasteiger partial charge is 0.410 e. The second kappa shape index (κ2) is 9.51. The molecule has 1 fully saturated rings. The molecule has 1 aromatic carbocycles. The van der Waals surface area contributed by atoms with E-state index in [-0.39, 0.29) is 6.04 Å². The van der Waals surface area contributed by atoms with Gasteiger partial charge in [-0.1, -0.05) is 30.4 Å². The molecule has 1 aliphatic rings. The third-order valence-corrected chi connectivity index (χ3v) is 6.30. The van der Waals surface area contributed by atoms with Crippen LogP contribution in [0, 0.1) is 5.41 Å². The van der Waals surface area contributed by atoms with Crippen molar-refractivity contribution in [1.29, 1.82) is 0 Å². The quantitative estimate of drug-likeness (QED) is 0.646. The zero-order valence-electron chi connectivity index (χ0n) is 20.0. The van der Waals surface area contributed by atoms with E-state index in [1.165, 1.54) is 4.90 Å². The summed E-state index contributed by atoms with van der Waals surface area (Å²) in [6.07, 6.45) is 4.57. The summed E-state index contributed by atoms with van der Waals surface area (Å²) in [5.41, 5.74) is 0.830. The van der Waals surface area contributed by atoms with Gasteiger partial charge in [-0.25, -0.2) is 4.79 Å². The number of aliphatic hydroxyl groups is 1. The summed E-state index contributed by atoms with van der Waals surface area (Å²) in [5.74, 6) is -0.856. The van der Waals surface area contributed by atoms with E-state index in [9.17, 15) is 19.8 Å². The van der Waals surface area contributed by atoms with Gasteiger partial charge in [-0.05, 0) is 71.1 Å². The number of fused-ring (bicyclic) bond motifs is 1. The molecule has 3 rings (SSSR count). The van der Waals surface area contributed by atoms with Crippen molar-refractivity contribution in [2.45, 2.75) is 71.1 Å². The molecule has 0 radical (unpaired) electrons. The Morgan fingerprint density at radius 1 is 1.21 bits per heavy atom. The van der Waals surface area contributed by atoms with Crippen molar-refractivity contribution in [3.8, 4) is 0 Å². The van der Waals surface area contributed by atoms with Crippen molar-refractivity contribution in [3.05, 3.63) is 47.7 Å². The van der Waals surface area contributed by atoms with Gasteiger partial charge in [0.2, 0.25) is 0 Å². The number of nitrogens with zero attached hydrogens (tertiary/aromatic N) is 2. The standard InChI is InChI=1S/C26H34N2O5/c1-17(28(5)24(32)33-25(2,3)4)21-9-8-19-7-6-18(16-22(19)27-21)10-13-26(23(30)31)14-11-20(29)12-15-26/h6-10,13,16-17,20,29H,11-12,14-15H2,1-5H3,(H,30,31)/t17-,20?,26?/m1/s1. The molecule has 1 aliphatic carbocycles. The van der Waals surface area contributed by atoms with E-state index in [1.807, 2.05) is 64.1 Å². The number of aliphatic carboxylic acids is 1. The zero-order valence-corrected chi connectivity index (χ0v) is 20.0. The van der Waals surface area contributed by atoms with E-state index in [0.717, 1.165) is 22.2 Å². The molecule has 0 bridgehead atoms. The summed E-state index contributed by atoms with van der Waals surface area (Å²) in [6.45, 7) is 7.39. The van der Waals surface area contributed by atoms with E-state index in [0.29, 0.717) is 25.7 Å². The number of carbonyl (C=O) groups excluding carboxylic acids is 1. The number of hydrogen-bond donors (Lipinski definition) is 2. The van der Waals surface area contributed by atoms with Gasteiger partial charge in [0, 0.05) is 12.4 Å². The fraction of sp³-hybridized carbons (Fsp3) is 0.500. The first kappa shape index (κ1) is 24.7. The van der Waals surface area contributed by atoms with E-state index >= 15 is 0 Å². The molecule has 7 heteroatoms. The lowest BCUT2D eigenvalue weighted by Gasteiger charge is -2.32. The molecule has 0 spiro atoms. The van der Waals surface area contributed by atoms with Crippen LogP contribution in [0.4, 0.5) is 4.79 Å². The van der Waals surface area contributed by atoms with E-state index in [2.05, 4.69) is 0 Å². The lowest BCUT2D eigenvalue weighted by Crippen LogP contribution is -2.36. The minimum absolute atomic E-state index is 0.285. The average molecular weight is 455 g/mol. The largest absolute Gasteiger partial charge is 0.481 e. The lowest BCUT2D eigenvalue weighted by atomic mass is 9.73. The van der Waals surface area contributed by atoms with Gasteiger partial charge in [-0.15, -0.1) is 0 Å². The molecule has 2 aromatic rings. The van der Waals surface area contributed by atoms with Crippen LogP contribution in [0.3, 0.4) is 0 Å². The molecule has 1 saturated carbocycles. The van der Waals surface area contributed by atoms with Gasteiger partial charge in [0.15, 0.2) is 0 Å². The van der Waals surface area contributed by atoms with Crippen LogP contribution in [0.15, 0.2) is 36.4 Å². The van der Waals surface area contributed by atoms with Crippen LogP contribution in [0.2, 0.25) is 0 Å². The second-order valence-corrected chi connectivity index (χ2v) is 9.98. The predicted octanol–water partition coefficient (Wildman–Crippen LogP) is 5.18. The lowest BCUT2D eigenvalue weighted by molar-refractivity contribution is -0.148.